The Bertz CT molecular complexity index is 506. The minimum Gasteiger partial charge on any atom is -0.392 e. The SMILES string of the molecule is O=S(=O)(c1ccnc(Cl)c1)N1CCCC(O)C1. The highest BCUT2D eigenvalue weighted by Gasteiger charge is 2.29. The molecule has 0 saturated carbocycles. The molecule has 1 aliphatic heterocycles. The van der Waals surface area contributed by atoms with Crippen molar-refractivity contribution in [2.24, 2.45) is 0 Å². The van der Waals surface area contributed by atoms with Gasteiger partial charge in [-0.05, 0) is 25.0 Å². The smallest absolute Gasteiger partial charge is 0.243 e. The maximum Gasteiger partial charge on any atom is 0.243 e. The van der Waals surface area contributed by atoms with Gasteiger partial charge in [0.05, 0.1) is 11.0 Å². The molecule has 0 aliphatic carbocycles. The van der Waals surface area contributed by atoms with Gasteiger partial charge in [0.1, 0.15) is 5.15 Å². The Hall–Kier alpha value is -0.690. The second-order valence-corrected chi connectivity index (χ2v) is 6.30. The number of nitrogens with zero attached hydrogens (tertiary/aromatic N) is 2. The first kappa shape index (κ1) is 12.8. The third-order valence-corrected chi connectivity index (χ3v) is 4.76. The first-order valence-electron chi connectivity index (χ1n) is 5.30. The second kappa shape index (κ2) is 4.89. The number of aliphatic hydroxyl groups excluding tert-OH is 1. The van der Waals surface area contributed by atoms with Gasteiger partial charge in [-0.2, -0.15) is 4.31 Å². The van der Waals surface area contributed by atoms with E-state index in [1.807, 2.05) is 0 Å². The van der Waals surface area contributed by atoms with Crippen LogP contribution in [-0.2, 0) is 10.0 Å². The van der Waals surface area contributed by atoms with Crippen LogP contribution in [0.5, 0.6) is 0 Å². The minimum absolute atomic E-state index is 0.117. The molecule has 1 aliphatic rings. The molecule has 1 aromatic heterocycles. The number of pyridine rings is 1. The summed E-state index contributed by atoms with van der Waals surface area (Å²) in [7, 11) is -3.57. The molecule has 94 valence electrons. The van der Waals surface area contributed by atoms with Gasteiger partial charge in [-0.3, -0.25) is 0 Å². The minimum atomic E-state index is -3.57. The molecular weight excluding hydrogens is 264 g/mol. The van der Waals surface area contributed by atoms with E-state index in [1.54, 1.807) is 0 Å². The number of β-amino-alcohol motifs (C(OH)–C–C–N with tert-alkyl or cyclic N) is 1. The Morgan fingerprint density at radius 2 is 2.29 bits per heavy atom. The van der Waals surface area contributed by atoms with Gasteiger partial charge in [-0.15, -0.1) is 0 Å². The molecule has 1 N–H and O–H groups in total. The molecule has 0 aromatic carbocycles. The molecule has 0 spiro atoms. The molecule has 1 aromatic rings. The molecule has 1 fully saturated rings. The number of piperidine rings is 1. The van der Waals surface area contributed by atoms with Crippen molar-refractivity contribution in [1.82, 2.24) is 9.29 Å². The molecule has 0 radical (unpaired) electrons. The van der Waals surface area contributed by atoms with Crippen LogP contribution in [0.15, 0.2) is 23.2 Å². The summed E-state index contributed by atoms with van der Waals surface area (Å²) < 4.78 is 25.7. The van der Waals surface area contributed by atoms with Crippen molar-refractivity contribution in [2.75, 3.05) is 13.1 Å². The third-order valence-electron chi connectivity index (χ3n) is 2.70. The second-order valence-electron chi connectivity index (χ2n) is 3.97. The van der Waals surface area contributed by atoms with Crippen LogP contribution in [0.1, 0.15) is 12.8 Å². The van der Waals surface area contributed by atoms with Crippen molar-refractivity contribution in [3.05, 3.63) is 23.5 Å². The predicted octanol–water partition coefficient (Wildman–Crippen LogP) is 0.880. The quantitative estimate of drug-likeness (QED) is 0.814. The summed E-state index contributed by atoms with van der Waals surface area (Å²) in [5.74, 6) is 0. The molecule has 17 heavy (non-hydrogen) atoms. The van der Waals surface area contributed by atoms with Crippen LogP contribution in [0, 0.1) is 0 Å². The first-order chi connectivity index (χ1) is 8.00. The normalized spacial score (nSPS) is 22.6. The summed E-state index contributed by atoms with van der Waals surface area (Å²) in [6.07, 6.45) is 2.08. The Labute approximate surface area is 105 Å². The maximum absolute atomic E-state index is 12.2. The Morgan fingerprint density at radius 1 is 1.53 bits per heavy atom. The van der Waals surface area contributed by atoms with E-state index >= 15 is 0 Å². The Kier molecular flexibility index (Phi) is 3.67. The van der Waals surface area contributed by atoms with E-state index in [0.717, 1.165) is 0 Å². The van der Waals surface area contributed by atoms with Crippen molar-refractivity contribution < 1.29 is 13.5 Å². The molecular formula is C10H13ClN2O3S. The van der Waals surface area contributed by atoms with E-state index in [4.69, 9.17) is 11.6 Å². The fourth-order valence-electron chi connectivity index (χ4n) is 1.83. The number of sulfonamides is 1. The van der Waals surface area contributed by atoms with Gasteiger partial charge in [0, 0.05) is 19.3 Å². The van der Waals surface area contributed by atoms with Crippen LogP contribution in [0.3, 0.4) is 0 Å². The van der Waals surface area contributed by atoms with Gasteiger partial charge in [0.25, 0.3) is 0 Å². The summed E-state index contributed by atoms with van der Waals surface area (Å²) in [6, 6.07) is 2.72. The monoisotopic (exact) mass is 276 g/mol. The predicted molar refractivity (Wildman–Crippen MR) is 63.2 cm³/mol. The molecule has 5 nitrogen and oxygen atoms in total. The summed E-state index contributed by atoms with van der Waals surface area (Å²) in [5.41, 5.74) is 0. The summed E-state index contributed by atoms with van der Waals surface area (Å²) in [4.78, 5) is 3.86. The Balaban J connectivity index is 2.29. The third kappa shape index (κ3) is 2.77. The highest BCUT2D eigenvalue weighted by molar-refractivity contribution is 7.89. The van der Waals surface area contributed by atoms with E-state index in [9.17, 15) is 13.5 Å². The van der Waals surface area contributed by atoms with Gasteiger partial charge in [-0.1, -0.05) is 11.6 Å². The zero-order valence-electron chi connectivity index (χ0n) is 9.08. The fourth-order valence-corrected chi connectivity index (χ4v) is 3.60. The van der Waals surface area contributed by atoms with Crippen molar-refractivity contribution in [3.63, 3.8) is 0 Å². The highest BCUT2D eigenvalue weighted by Crippen LogP contribution is 2.21. The van der Waals surface area contributed by atoms with Gasteiger partial charge < -0.3 is 5.11 Å². The van der Waals surface area contributed by atoms with Crippen molar-refractivity contribution in [2.45, 2.75) is 23.8 Å². The molecule has 0 bridgehead atoms. The lowest BCUT2D eigenvalue weighted by Gasteiger charge is -2.29. The van der Waals surface area contributed by atoms with Crippen molar-refractivity contribution in [3.8, 4) is 0 Å². The van der Waals surface area contributed by atoms with Crippen LogP contribution < -0.4 is 0 Å². The summed E-state index contributed by atoms with van der Waals surface area (Å²) in [6.45, 7) is 0.571. The maximum atomic E-state index is 12.2. The molecule has 7 heteroatoms. The number of aromatic nitrogens is 1. The molecule has 1 unspecified atom stereocenters. The summed E-state index contributed by atoms with van der Waals surface area (Å²) in [5, 5.41) is 9.64. The number of aliphatic hydroxyl groups is 1. The van der Waals surface area contributed by atoms with Gasteiger partial charge in [0.2, 0.25) is 10.0 Å². The summed E-state index contributed by atoms with van der Waals surface area (Å²) >= 11 is 5.68. The lowest BCUT2D eigenvalue weighted by atomic mass is 10.1. The van der Waals surface area contributed by atoms with E-state index in [0.29, 0.717) is 19.4 Å². The van der Waals surface area contributed by atoms with Gasteiger partial charge in [-0.25, -0.2) is 13.4 Å². The standard InChI is InChI=1S/C10H13ClN2O3S/c11-10-6-9(3-4-12-10)17(15,16)13-5-1-2-8(14)7-13/h3-4,6,8,14H,1-2,5,7H2. The van der Waals surface area contributed by atoms with Crippen LogP contribution >= 0.6 is 11.6 Å². The van der Waals surface area contributed by atoms with Crippen molar-refractivity contribution in [1.29, 1.82) is 0 Å². The fraction of sp³-hybridized carbons (Fsp3) is 0.500. The molecule has 2 heterocycles. The number of hydrogen-bond acceptors (Lipinski definition) is 4. The number of halogens is 1. The highest BCUT2D eigenvalue weighted by atomic mass is 35.5. The average Bonchev–Trinajstić information content (AvgIpc) is 2.29. The molecule has 1 saturated heterocycles. The zero-order valence-corrected chi connectivity index (χ0v) is 10.7. The van der Waals surface area contributed by atoms with Crippen molar-refractivity contribution >= 4 is 21.6 Å². The van der Waals surface area contributed by atoms with Crippen LogP contribution in [0.4, 0.5) is 0 Å². The van der Waals surface area contributed by atoms with E-state index in [1.165, 1.54) is 22.6 Å². The first-order valence-corrected chi connectivity index (χ1v) is 7.12. The van der Waals surface area contributed by atoms with Crippen LogP contribution in [0.2, 0.25) is 5.15 Å². The van der Waals surface area contributed by atoms with Crippen LogP contribution in [0.25, 0.3) is 0 Å². The van der Waals surface area contributed by atoms with E-state index < -0.39 is 16.1 Å². The van der Waals surface area contributed by atoms with E-state index in [-0.39, 0.29) is 16.6 Å². The lowest BCUT2D eigenvalue weighted by molar-refractivity contribution is 0.108. The average molecular weight is 277 g/mol. The largest absolute Gasteiger partial charge is 0.392 e. The van der Waals surface area contributed by atoms with Crippen LogP contribution in [-0.4, -0.2) is 42.0 Å². The van der Waals surface area contributed by atoms with E-state index in [2.05, 4.69) is 4.98 Å². The van der Waals surface area contributed by atoms with Gasteiger partial charge in [0.15, 0.2) is 0 Å². The Morgan fingerprint density at radius 3 is 2.94 bits per heavy atom. The topological polar surface area (TPSA) is 70.5 Å². The molecule has 2 rings (SSSR count). The van der Waals surface area contributed by atoms with Gasteiger partial charge >= 0.3 is 0 Å². The molecule has 0 amide bonds. The molecule has 1 atom stereocenters. The lowest BCUT2D eigenvalue weighted by Crippen LogP contribution is -2.42. The number of hydrogen-bond donors (Lipinski definition) is 1. The number of rotatable bonds is 2. The zero-order chi connectivity index (χ0) is 12.5.